The molecule has 1 aromatic rings. The Morgan fingerprint density at radius 3 is 3.11 bits per heavy atom. The van der Waals surface area contributed by atoms with Crippen LogP contribution in [0.5, 0.6) is 0 Å². The van der Waals surface area contributed by atoms with Crippen molar-refractivity contribution in [3.05, 3.63) is 45.7 Å². The van der Waals surface area contributed by atoms with Crippen molar-refractivity contribution in [1.29, 1.82) is 0 Å². The van der Waals surface area contributed by atoms with Crippen LogP contribution in [0.3, 0.4) is 0 Å². The average Bonchev–Trinajstić information content (AvgIpc) is 2.78. The highest BCUT2D eigenvalue weighted by atomic mass is 32.1. The maximum atomic E-state index is 2.69. The zero-order chi connectivity index (χ0) is 12.9. The molecule has 1 saturated carbocycles. The summed E-state index contributed by atoms with van der Waals surface area (Å²) in [6, 6.07) is 4.67. The van der Waals surface area contributed by atoms with Gasteiger partial charge in [0.25, 0.3) is 0 Å². The second-order valence-corrected chi connectivity index (χ2v) is 7.72. The molecule has 2 heteroatoms. The number of allylic oxidation sites excluding steroid dienone is 3. The molecule has 0 aromatic carbocycles. The number of thiophene rings is 1. The molecule has 2 atom stereocenters. The van der Waals surface area contributed by atoms with Crippen LogP contribution >= 0.6 is 11.3 Å². The van der Waals surface area contributed by atoms with Gasteiger partial charge in [-0.3, -0.25) is 4.90 Å². The van der Waals surface area contributed by atoms with Crippen LogP contribution in [0.4, 0.5) is 0 Å². The lowest BCUT2D eigenvalue weighted by molar-refractivity contribution is 0.320. The van der Waals surface area contributed by atoms with Gasteiger partial charge in [0.05, 0.1) is 0 Å². The summed E-state index contributed by atoms with van der Waals surface area (Å²) < 4.78 is 0. The lowest BCUT2D eigenvalue weighted by atomic mass is 10.0. The minimum atomic E-state index is 0.546. The SMILES string of the molecule is Cc1ccc(C23CC2CN(CC2=CC=CCC2)C3)s1. The maximum absolute atomic E-state index is 2.69. The van der Waals surface area contributed by atoms with E-state index in [1.807, 2.05) is 11.3 Å². The van der Waals surface area contributed by atoms with Crippen LogP contribution in [-0.2, 0) is 5.41 Å². The Labute approximate surface area is 119 Å². The highest BCUT2D eigenvalue weighted by molar-refractivity contribution is 7.12. The van der Waals surface area contributed by atoms with E-state index < -0.39 is 0 Å². The Balaban J connectivity index is 1.46. The van der Waals surface area contributed by atoms with Crippen molar-refractivity contribution in [3.63, 3.8) is 0 Å². The average molecular weight is 271 g/mol. The van der Waals surface area contributed by atoms with Gasteiger partial charge < -0.3 is 0 Å². The fourth-order valence-corrected chi connectivity index (χ4v) is 5.00. The summed E-state index contributed by atoms with van der Waals surface area (Å²) in [5.74, 6) is 0.935. The van der Waals surface area contributed by atoms with Crippen LogP contribution in [0.25, 0.3) is 0 Å². The first-order valence-electron chi connectivity index (χ1n) is 7.40. The second-order valence-electron chi connectivity index (χ2n) is 6.43. The van der Waals surface area contributed by atoms with Gasteiger partial charge in [0.1, 0.15) is 0 Å². The molecule has 2 aliphatic carbocycles. The maximum Gasteiger partial charge on any atom is 0.0218 e. The number of nitrogens with zero attached hydrogens (tertiary/aromatic N) is 1. The van der Waals surface area contributed by atoms with Crippen molar-refractivity contribution in [3.8, 4) is 0 Å². The quantitative estimate of drug-likeness (QED) is 0.806. The molecule has 19 heavy (non-hydrogen) atoms. The molecule has 1 nitrogen and oxygen atoms in total. The first-order chi connectivity index (χ1) is 9.26. The molecule has 2 heterocycles. The van der Waals surface area contributed by atoms with Gasteiger partial charge >= 0.3 is 0 Å². The van der Waals surface area contributed by atoms with Crippen LogP contribution < -0.4 is 0 Å². The van der Waals surface area contributed by atoms with Crippen LogP contribution in [0, 0.1) is 12.8 Å². The zero-order valence-corrected chi connectivity index (χ0v) is 12.4. The molecule has 0 amide bonds. The number of rotatable bonds is 3. The monoisotopic (exact) mass is 271 g/mol. The van der Waals surface area contributed by atoms with Gasteiger partial charge in [-0.2, -0.15) is 0 Å². The Kier molecular flexibility index (Phi) is 2.71. The second kappa shape index (κ2) is 4.32. The van der Waals surface area contributed by atoms with Gasteiger partial charge in [0, 0.05) is 34.8 Å². The van der Waals surface area contributed by atoms with Crippen molar-refractivity contribution in [2.45, 2.75) is 31.6 Å². The fourth-order valence-electron chi connectivity index (χ4n) is 3.86. The largest absolute Gasteiger partial charge is 0.298 e. The van der Waals surface area contributed by atoms with E-state index in [2.05, 4.69) is 42.2 Å². The van der Waals surface area contributed by atoms with Gasteiger partial charge in [-0.1, -0.05) is 23.8 Å². The van der Waals surface area contributed by atoms with Crippen molar-refractivity contribution in [2.75, 3.05) is 19.6 Å². The molecule has 100 valence electrons. The number of hydrogen-bond acceptors (Lipinski definition) is 2. The summed E-state index contributed by atoms with van der Waals surface area (Å²) in [6.07, 6.45) is 10.8. The summed E-state index contributed by atoms with van der Waals surface area (Å²) in [5.41, 5.74) is 2.17. The Bertz CT molecular complexity index is 553. The molecule has 0 bridgehead atoms. The third-order valence-corrected chi connectivity index (χ3v) is 6.19. The minimum absolute atomic E-state index is 0.546. The first-order valence-corrected chi connectivity index (χ1v) is 8.22. The van der Waals surface area contributed by atoms with Crippen molar-refractivity contribution < 1.29 is 0 Å². The summed E-state index contributed by atoms with van der Waals surface area (Å²) in [6.45, 7) is 6.04. The van der Waals surface area contributed by atoms with E-state index in [-0.39, 0.29) is 0 Å². The molecular formula is C17H21NS. The molecule has 4 rings (SSSR count). The van der Waals surface area contributed by atoms with E-state index in [4.69, 9.17) is 0 Å². The van der Waals surface area contributed by atoms with Gasteiger partial charge in [0.2, 0.25) is 0 Å². The number of piperidine rings is 1. The Morgan fingerprint density at radius 2 is 2.37 bits per heavy atom. The standard InChI is InChI=1S/C17H21NS/c1-13-7-8-16(19-13)17-9-15(17)11-18(12-17)10-14-5-3-2-4-6-14/h2-3,5,7-8,15H,4,6,9-12H2,1H3. The number of hydrogen-bond donors (Lipinski definition) is 0. The predicted molar refractivity (Wildman–Crippen MR) is 81.7 cm³/mol. The van der Waals surface area contributed by atoms with E-state index in [0.29, 0.717) is 5.41 Å². The molecule has 3 aliphatic rings. The number of likely N-dealkylation sites (tertiary alicyclic amines) is 1. The van der Waals surface area contributed by atoms with Gasteiger partial charge in [0.15, 0.2) is 0 Å². The van der Waals surface area contributed by atoms with Gasteiger partial charge in [-0.15, -0.1) is 11.3 Å². The summed E-state index contributed by atoms with van der Waals surface area (Å²) in [4.78, 5) is 5.80. The van der Waals surface area contributed by atoms with Crippen LogP contribution in [0.2, 0.25) is 0 Å². The highest BCUT2D eigenvalue weighted by Crippen LogP contribution is 2.60. The van der Waals surface area contributed by atoms with Gasteiger partial charge in [-0.25, -0.2) is 0 Å². The Hall–Kier alpha value is -0.860. The molecule has 2 fully saturated rings. The lowest BCUT2D eigenvalue weighted by Gasteiger charge is -2.22. The predicted octanol–water partition coefficient (Wildman–Crippen LogP) is 3.91. The molecule has 1 saturated heterocycles. The van der Waals surface area contributed by atoms with E-state index in [1.54, 1.807) is 10.5 Å². The first kappa shape index (κ1) is 11.9. The molecule has 0 spiro atoms. The third-order valence-electron chi connectivity index (χ3n) is 4.97. The van der Waals surface area contributed by atoms with E-state index in [1.165, 1.54) is 43.8 Å². The highest BCUT2D eigenvalue weighted by Gasteiger charge is 2.61. The van der Waals surface area contributed by atoms with Crippen molar-refractivity contribution in [2.24, 2.45) is 5.92 Å². The van der Waals surface area contributed by atoms with Crippen LogP contribution in [0.1, 0.15) is 29.0 Å². The zero-order valence-electron chi connectivity index (χ0n) is 11.6. The molecule has 1 aliphatic heterocycles. The minimum Gasteiger partial charge on any atom is -0.298 e. The molecule has 1 aromatic heterocycles. The summed E-state index contributed by atoms with van der Waals surface area (Å²) in [7, 11) is 0. The summed E-state index contributed by atoms with van der Waals surface area (Å²) in [5, 5.41) is 0. The summed E-state index contributed by atoms with van der Waals surface area (Å²) >= 11 is 2.02. The number of aryl methyl sites for hydroxylation is 1. The molecule has 2 unspecified atom stereocenters. The van der Waals surface area contributed by atoms with E-state index in [9.17, 15) is 0 Å². The topological polar surface area (TPSA) is 3.24 Å². The molecule has 0 radical (unpaired) electrons. The van der Waals surface area contributed by atoms with Gasteiger partial charge in [-0.05, 0) is 44.2 Å². The van der Waals surface area contributed by atoms with Crippen LogP contribution in [-0.4, -0.2) is 24.5 Å². The van der Waals surface area contributed by atoms with E-state index >= 15 is 0 Å². The molecule has 0 N–H and O–H groups in total. The fraction of sp³-hybridized carbons (Fsp3) is 0.529. The van der Waals surface area contributed by atoms with E-state index in [0.717, 1.165) is 5.92 Å². The Morgan fingerprint density at radius 1 is 1.42 bits per heavy atom. The lowest BCUT2D eigenvalue weighted by Crippen LogP contribution is -2.28. The van der Waals surface area contributed by atoms with Crippen molar-refractivity contribution >= 4 is 11.3 Å². The van der Waals surface area contributed by atoms with Crippen molar-refractivity contribution in [1.82, 2.24) is 4.90 Å². The number of fused-ring (bicyclic) bond motifs is 1. The smallest absolute Gasteiger partial charge is 0.0218 e. The van der Waals surface area contributed by atoms with Crippen LogP contribution in [0.15, 0.2) is 35.9 Å². The molecular weight excluding hydrogens is 250 g/mol. The normalized spacial score (nSPS) is 33.3. The third kappa shape index (κ3) is 2.02.